The monoisotopic (exact) mass is 299 g/mol. The third kappa shape index (κ3) is 1.99. The van der Waals surface area contributed by atoms with Crippen molar-refractivity contribution in [2.24, 2.45) is 0 Å². The molecule has 1 heterocycles. The van der Waals surface area contributed by atoms with Gasteiger partial charge >= 0.3 is 0 Å². The van der Waals surface area contributed by atoms with Crippen molar-refractivity contribution in [3.63, 3.8) is 0 Å². The Hall–Kier alpha value is -2.33. The SMILES string of the molecule is CN1C(=N)NC(c2ccccc2)(c2cccc(Cl)c2)C1=O. The largest absolute Gasteiger partial charge is 0.334 e. The van der Waals surface area contributed by atoms with Crippen LogP contribution < -0.4 is 5.32 Å². The molecular weight excluding hydrogens is 286 g/mol. The van der Waals surface area contributed by atoms with Gasteiger partial charge in [0.1, 0.15) is 0 Å². The van der Waals surface area contributed by atoms with Gasteiger partial charge in [-0.1, -0.05) is 54.1 Å². The molecule has 0 bridgehead atoms. The van der Waals surface area contributed by atoms with E-state index in [0.717, 1.165) is 11.1 Å². The smallest absolute Gasteiger partial charge is 0.264 e. The van der Waals surface area contributed by atoms with E-state index in [0.29, 0.717) is 5.02 Å². The van der Waals surface area contributed by atoms with Crippen LogP contribution in [0.5, 0.6) is 0 Å². The second kappa shape index (κ2) is 4.90. The van der Waals surface area contributed by atoms with Crippen molar-refractivity contribution in [1.29, 1.82) is 5.41 Å². The van der Waals surface area contributed by atoms with E-state index >= 15 is 0 Å². The summed E-state index contributed by atoms with van der Waals surface area (Å²) in [5.74, 6) is -0.121. The molecule has 1 amide bonds. The number of likely N-dealkylation sites (N-methyl/N-ethyl adjacent to an activating group) is 1. The van der Waals surface area contributed by atoms with E-state index in [4.69, 9.17) is 17.0 Å². The first-order valence-corrected chi connectivity index (χ1v) is 6.90. The molecule has 0 aliphatic carbocycles. The molecule has 4 nitrogen and oxygen atoms in total. The van der Waals surface area contributed by atoms with Crippen molar-refractivity contribution in [1.82, 2.24) is 10.2 Å². The van der Waals surface area contributed by atoms with Gasteiger partial charge in [-0.3, -0.25) is 15.1 Å². The van der Waals surface area contributed by atoms with Crippen molar-refractivity contribution in [3.8, 4) is 0 Å². The van der Waals surface area contributed by atoms with Gasteiger partial charge in [0.15, 0.2) is 11.5 Å². The normalized spacial score (nSPS) is 21.5. The van der Waals surface area contributed by atoms with Gasteiger partial charge in [-0.15, -0.1) is 0 Å². The Morgan fingerprint density at radius 3 is 2.33 bits per heavy atom. The summed E-state index contributed by atoms with van der Waals surface area (Å²) in [7, 11) is 1.59. The van der Waals surface area contributed by atoms with Crippen LogP contribution in [-0.4, -0.2) is 23.8 Å². The minimum absolute atomic E-state index is 0.0730. The van der Waals surface area contributed by atoms with Gasteiger partial charge in [-0.05, 0) is 23.3 Å². The molecule has 1 atom stereocenters. The third-order valence-corrected chi connectivity index (χ3v) is 3.97. The molecule has 0 aromatic heterocycles. The molecule has 106 valence electrons. The summed E-state index contributed by atoms with van der Waals surface area (Å²) in [6.45, 7) is 0. The minimum atomic E-state index is -1.10. The predicted octanol–water partition coefficient (Wildman–Crippen LogP) is 2.58. The zero-order valence-electron chi connectivity index (χ0n) is 11.4. The average Bonchev–Trinajstić information content (AvgIpc) is 2.73. The average molecular weight is 300 g/mol. The number of rotatable bonds is 2. The van der Waals surface area contributed by atoms with E-state index in [1.807, 2.05) is 36.4 Å². The van der Waals surface area contributed by atoms with E-state index in [-0.39, 0.29) is 11.9 Å². The standard InChI is InChI=1S/C16H14ClN3O/c1-20-14(21)16(19-15(20)18,11-6-3-2-4-7-11)12-8-5-9-13(17)10-12/h2-10H,1H3,(H2,18,19). The fourth-order valence-corrected chi connectivity index (χ4v) is 2.83. The summed E-state index contributed by atoms with van der Waals surface area (Å²) in [4.78, 5) is 14.1. The summed E-state index contributed by atoms with van der Waals surface area (Å²) in [5, 5.41) is 11.5. The highest BCUT2D eigenvalue weighted by molar-refractivity contribution is 6.30. The number of benzene rings is 2. The molecule has 1 aliphatic rings. The van der Waals surface area contributed by atoms with Crippen LogP contribution in [0.15, 0.2) is 54.6 Å². The van der Waals surface area contributed by atoms with Gasteiger partial charge in [-0.25, -0.2) is 0 Å². The quantitative estimate of drug-likeness (QED) is 0.895. The molecule has 1 saturated heterocycles. The van der Waals surface area contributed by atoms with Gasteiger partial charge in [0.05, 0.1) is 0 Å². The van der Waals surface area contributed by atoms with Gasteiger partial charge in [-0.2, -0.15) is 0 Å². The Morgan fingerprint density at radius 1 is 1.10 bits per heavy atom. The molecule has 1 aliphatic heterocycles. The Balaban J connectivity index is 2.27. The van der Waals surface area contributed by atoms with Crippen LogP contribution in [0.2, 0.25) is 5.02 Å². The van der Waals surface area contributed by atoms with E-state index < -0.39 is 5.54 Å². The van der Waals surface area contributed by atoms with E-state index in [2.05, 4.69) is 5.32 Å². The highest BCUT2D eigenvalue weighted by Gasteiger charge is 2.50. The number of hydrogen-bond donors (Lipinski definition) is 2. The first kappa shape index (κ1) is 13.6. The maximum absolute atomic E-state index is 12.8. The van der Waals surface area contributed by atoms with Crippen LogP contribution in [-0.2, 0) is 10.3 Å². The fourth-order valence-electron chi connectivity index (χ4n) is 2.64. The number of nitrogens with one attached hydrogen (secondary N) is 2. The third-order valence-electron chi connectivity index (χ3n) is 3.73. The molecule has 2 aromatic rings. The molecule has 1 unspecified atom stereocenters. The minimum Gasteiger partial charge on any atom is -0.334 e. The van der Waals surface area contributed by atoms with Gasteiger partial charge < -0.3 is 5.32 Å². The Bertz CT molecular complexity index is 716. The van der Waals surface area contributed by atoms with E-state index in [1.165, 1.54) is 4.90 Å². The van der Waals surface area contributed by atoms with Crippen molar-refractivity contribution in [3.05, 3.63) is 70.7 Å². The second-order valence-electron chi connectivity index (χ2n) is 4.96. The number of nitrogens with zero attached hydrogens (tertiary/aromatic N) is 1. The molecule has 0 saturated carbocycles. The zero-order valence-corrected chi connectivity index (χ0v) is 12.2. The molecule has 0 spiro atoms. The first-order chi connectivity index (χ1) is 10.1. The van der Waals surface area contributed by atoms with Crippen LogP contribution >= 0.6 is 11.6 Å². The highest BCUT2D eigenvalue weighted by atomic mass is 35.5. The lowest BCUT2D eigenvalue weighted by atomic mass is 9.83. The topological polar surface area (TPSA) is 56.2 Å². The van der Waals surface area contributed by atoms with Crippen LogP contribution in [0, 0.1) is 5.41 Å². The van der Waals surface area contributed by atoms with Crippen molar-refractivity contribution < 1.29 is 4.79 Å². The van der Waals surface area contributed by atoms with Crippen molar-refractivity contribution >= 4 is 23.5 Å². The second-order valence-corrected chi connectivity index (χ2v) is 5.40. The first-order valence-electron chi connectivity index (χ1n) is 6.52. The number of halogens is 1. The Labute approximate surface area is 127 Å². The number of amides is 1. The Kier molecular flexibility index (Phi) is 3.18. The van der Waals surface area contributed by atoms with Gasteiger partial charge in [0, 0.05) is 12.1 Å². The van der Waals surface area contributed by atoms with E-state index in [1.54, 1.807) is 25.2 Å². The van der Waals surface area contributed by atoms with Crippen LogP contribution in [0.25, 0.3) is 0 Å². The number of guanidine groups is 1. The molecule has 5 heteroatoms. The zero-order chi connectivity index (χ0) is 15.0. The van der Waals surface area contributed by atoms with Gasteiger partial charge in [0.2, 0.25) is 0 Å². The highest BCUT2D eigenvalue weighted by Crippen LogP contribution is 2.36. The lowest BCUT2D eigenvalue weighted by Gasteiger charge is -2.28. The van der Waals surface area contributed by atoms with E-state index in [9.17, 15) is 4.79 Å². The van der Waals surface area contributed by atoms with Crippen LogP contribution in [0.4, 0.5) is 0 Å². The summed E-state index contributed by atoms with van der Waals surface area (Å²) in [6.07, 6.45) is 0. The molecule has 21 heavy (non-hydrogen) atoms. The van der Waals surface area contributed by atoms with Crippen LogP contribution in [0.1, 0.15) is 11.1 Å². The molecule has 2 aromatic carbocycles. The van der Waals surface area contributed by atoms with Crippen molar-refractivity contribution in [2.75, 3.05) is 7.05 Å². The lowest BCUT2D eigenvalue weighted by Crippen LogP contribution is -2.45. The number of carbonyl (C=O) groups excluding carboxylic acids is 1. The molecule has 0 radical (unpaired) electrons. The molecule has 3 rings (SSSR count). The van der Waals surface area contributed by atoms with Gasteiger partial charge in [0.25, 0.3) is 5.91 Å². The maximum atomic E-state index is 12.8. The molecule has 1 fully saturated rings. The fraction of sp³-hybridized carbons (Fsp3) is 0.125. The lowest BCUT2D eigenvalue weighted by molar-refractivity contribution is -0.129. The number of carbonyl (C=O) groups is 1. The summed E-state index contributed by atoms with van der Waals surface area (Å²) < 4.78 is 0. The number of hydrogen-bond acceptors (Lipinski definition) is 2. The summed E-state index contributed by atoms with van der Waals surface area (Å²) in [6, 6.07) is 16.6. The summed E-state index contributed by atoms with van der Waals surface area (Å²) >= 11 is 6.09. The Morgan fingerprint density at radius 2 is 1.76 bits per heavy atom. The molecule has 2 N–H and O–H groups in total. The molecular formula is C16H14ClN3O. The summed E-state index contributed by atoms with van der Waals surface area (Å²) in [5.41, 5.74) is 0.407. The van der Waals surface area contributed by atoms with Crippen LogP contribution in [0.3, 0.4) is 0 Å². The van der Waals surface area contributed by atoms with Crippen molar-refractivity contribution in [2.45, 2.75) is 5.54 Å². The predicted molar refractivity (Wildman–Crippen MR) is 82.3 cm³/mol. The maximum Gasteiger partial charge on any atom is 0.264 e.